The molecule has 10 saturated heterocycles. The van der Waals surface area contributed by atoms with Crippen molar-refractivity contribution in [2.24, 2.45) is 0 Å². The summed E-state index contributed by atoms with van der Waals surface area (Å²) in [6.07, 6.45) is 5.20. The summed E-state index contributed by atoms with van der Waals surface area (Å²) in [5.41, 5.74) is 6.32. The number of rotatable bonds is 10. The van der Waals surface area contributed by atoms with Crippen molar-refractivity contribution in [3.8, 4) is 0 Å². The van der Waals surface area contributed by atoms with E-state index in [0.29, 0.717) is 57.5 Å². The Morgan fingerprint density at radius 2 is 0.375 bits per heavy atom. The van der Waals surface area contributed by atoms with Crippen LogP contribution >= 0.6 is 0 Å². The predicted octanol–water partition coefficient (Wildman–Crippen LogP) is 5.30. The van der Waals surface area contributed by atoms with Gasteiger partial charge in [0.15, 0.2) is 49.2 Å². The average molecular weight is 1190 g/mol. The maximum Gasteiger partial charge on any atom is 0.154 e. The molecule has 15 nitrogen and oxygen atoms in total. The molecule has 10 aliphatic rings. The van der Waals surface area contributed by atoms with Gasteiger partial charge in [0.1, 0.15) is 0 Å². The first-order valence-corrected chi connectivity index (χ1v) is 37.1. The minimum absolute atomic E-state index is 0.00528. The van der Waals surface area contributed by atoms with Crippen LogP contribution in [0.2, 0.25) is 0 Å². The van der Waals surface area contributed by atoms with Gasteiger partial charge in [0.05, 0.1) is 85.2 Å². The van der Waals surface area contributed by atoms with Crippen LogP contribution in [0.5, 0.6) is 0 Å². The monoisotopic (exact) mass is 1190 g/mol. The van der Waals surface area contributed by atoms with Crippen LogP contribution in [0.15, 0.2) is 152 Å². The van der Waals surface area contributed by atoms with Crippen LogP contribution in [0.4, 0.5) is 0 Å². The first-order valence-electron chi connectivity index (χ1n) is 28.0. The van der Waals surface area contributed by atoms with Gasteiger partial charge in [-0.2, -0.15) is 0 Å². The summed E-state index contributed by atoms with van der Waals surface area (Å²) in [6, 6.07) is 51.3. The number of nitrogens with zero attached hydrogens (tertiary/aromatic N) is 5. The Bertz CT molecular complexity index is 2970. The van der Waals surface area contributed by atoms with Crippen LogP contribution in [0, 0.1) is 0 Å². The van der Waals surface area contributed by atoms with Crippen molar-refractivity contribution in [1.82, 2.24) is 24.5 Å². The largest absolute Gasteiger partial charge is 0.291 e. The van der Waals surface area contributed by atoms with E-state index in [9.17, 15) is 42.1 Å². The van der Waals surface area contributed by atoms with Crippen LogP contribution in [0.3, 0.4) is 0 Å². The number of sulfone groups is 5. The summed E-state index contributed by atoms with van der Waals surface area (Å²) < 4.78 is 113. The van der Waals surface area contributed by atoms with Crippen LogP contribution in [-0.4, -0.2) is 185 Å². The van der Waals surface area contributed by atoms with Gasteiger partial charge in [-0.25, -0.2) is 42.1 Å². The van der Waals surface area contributed by atoms with Gasteiger partial charge in [0.25, 0.3) is 0 Å². The lowest BCUT2D eigenvalue weighted by atomic mass is 9.87. The normalized spacial score (nSPS) is 26.0. The van der Waals surface area contributed by atoms with E-state index in [4.69, 9.17) is 0 Å². The fourth-order valence-electron chi connectivity index (χ4n) is 13.7. The molecular weight excluding hydrogens is 1110 g/mol. The zero-order chi connectivity index (χ0) is 56.1. The van der Waals surface area contributed by atoms with Gasteiger partial charge >= 0.3 is 0 Å². The Balaban J connectivity index is 0.000000105. The molecule has 5 aromatic carbocycles. The van der Waals surface area contributed by atoms with E-state index in [2.05, 4.69) is 85.2 Å². The molecule has 430 valence electrons. The Morgan fingerprint density at radius 1 is 0.237 bits per heavy atom. The third-order valence-corrected chi connectivity index (χ3v) is 28.3. The summed E-state index contributed by atoms with van der Waals surface area (Å²) in [7, 11) is -13.6. The standard InChI is InChI=1S/5C12H15NO2S/c5*14-16(15)9-12(10-16)6-7-13(12)8-11-4-2-1-3-5-11/h5*1-5H,6-10H2. The lowest BCUT2D eigenvalue weighted by molar-refractivity contribution is 0.00165. The lowest BCUT2D eigenvalue weighted by Crippen LogP contribution is -2.72. The van der Waals surface area contributed by atoms with E-state index in [1.54, 1.807) is 0 Å². The first-order chi connectivity index (χ1) is 38.0. The molecule has 0 aliphatic carbocycles. The third kappa shape index (κ3) is 12.6. The zero-order valence-corrected chi connectivity index (χ0v) is 49.6. The van der Waals surface area contributed by atoms with E-state index in [-0.39, 0.29) is 27.7 Å². The number of likely N-dealkylation sites (tertiary alicyclic amines) is 5. The summed E-state index contributed by atoms with van der Waals surface area (Å²) in [4.78, 5) is 11.5. The molecule has 0 N–H and O–H groups in total. The second-order valence-electron chi connectivity index (χ2n) is 24.6. The minimum atomic E-state index is -2.72. The summed E-state index contributed by atoms with van der Waals surface area (Å²) in [5.74, 6) is 3.68. The predicted molar refractivity (Wildman–Crippen MR) is 314 cm³/mol. The fourth-order valence-corrected chi connectivity index (χ4v) is 24.7. The van der Waals surface area contributed by atoms with Crippen molar-refractivity contribution in [1.29, 1.82) is 0 Å². The highest BCUT2D eigenvalue weighted by molar-refractivity contribution is 7.94. The smallest absolute Gasteiger partial charge is 0.154 e. The summed E-state index contributed by atoms with van der Waals surface area (Å²) in [5, 5.41) is 0. The van der Waals surface area contributed by atoms with Crippen LogP contribution in [0.25, 0.3) is 0 Å². The van der Waals surface area contributed by atoms with E-state index >= 15 is 0 Å². The van der Waals surface area contributed by atoms with Gasteiger partial charge in [0.2, 0.25) is 0 Å². The Hall–Kier alpha value is -4.35. The second kappa shape index (κ2) is 22.0. The first kappa shape index (κ1) is 57.5. The molecule has 0 atom stereocenters. The molecule has 15 rings (SSSR count). The Kier molecular flexibility index (Phi) is 15.8. The molecule has 0 unspecified atom stereocenters. The molecule has 80 heavy (non-hydrogen) atoms. The molecule has 0 bridgehead atoms. The molecular formula is C60H75N5O10S5. The highest BCUT2D eigenvalue weighted by atomic mass is 32.2. The molecule has 5 spiro atoms. The molecule has 10 fully saturated rings. The molecule has 20 heteroatoms. The molecule has 10 aliphatic heterocycles. The Labute approximate surface area is 474 Å². The van der Waals surface area contributed by atoms with E-state index < -0.39 is 49.2 Å². The van der Waals surface area contributed by atoms with Crippen molar-refractivity contribution < 1.29 is 42.1 Å². The highest BCUT2D eigenvalue weighted by Gasteiger charge is 2.60. The third-order valence-electron chi connectivity index (χ3n) is 18.6. The quantitative estimate of drug-likeness (QED) is 0.175. The van der Waals surface area contributed by atoms with Crippen molar-refractivity contribution >= 4 is 49.2 Å². The topological polar surface area (TPSA) is 187 Å². The van der Waals surface area contributed by atoms with E-state index in [1.807, 2.05) is 91.0 Å². The van der Waals surface area contributed by atoms with Gasteiger partial charge in [-0.05, 0) is 59.9 Å². The lowest BCUT2D eigenvalue weighted by Gasteiger charge is -2.57. The average Bonchev–Trinajstić information content (AvgIpc) is 3.38. The molecule has 5 aromatic rings. The van der Waals surface area contributed by atoms with Crippen LogP contribution in [0.1, 0.15) is 59.9 Å². The fraction of sp³-hybridized carbons (Fsp3) is 0.500. The molecule has 0 aromatic heterocycles. The van der Waals surface area contributed by atoms with Crippen molar-refractivity contribution in [3.05, 3.63) is 179 Å². The summed E-state index contributed by atoms with van der Waals surface area (Å²) in [6.45, 7) is 9.59. The minimum Gasteiger partial charge on any atom is -0.291 e. The van der Waals surface area contributed by atoms with Gasteiger partial charge < -0.3 is 0 Å². The molecule has 0 radical (unpaired) electrons. The Morgan fingerprint density at radius 3 is 0.475 bits per heavy atom. The van der Waals surface area contributed by atoms with Crippen molar-refractivity contribution in [3.63, 3.8) is 0 Å². The van der Waals surface area contributed by atoms with E-state index in [0.717, 1.165) is 97.6 Å². The van der Waals surface area contributed by atoms with Gasteiger partial charge in [0, 0.05) is 65.4 Å². The maximum absolute atomic E-state index is 11.3. The number of benzene rings is 5. The van der Waals surface area contributed by atoms with Crippen LogP contribution < -0.4 is 0 Å². The van der Waals surface area contributed by atoms with E-state index in [1.165, 1.54) is 27.8 Å². The molecule has 0 amide bonds. The molecule has 10 heterocycles. The van der Waals surface area contributed by atoms with Gasteiger partial charge in [-0.3, -0.25) is 24.5 Å². The molecule has 0 saturated carbocycles. The van der Waals surface area contributed by atoms with Crippen molar-refractivity contribution in [2.45, 2.75) is 92.5 Å². The summed E-state index contributed by atoms with van der Waals surface area (Å²) >= 11 is 0. The van der Waals surface area contributed by atoms with Crippen molar-refractivity contribution in [2.75, 3.05) is 90.3 Å². The number of hydrogen-bond donors (Lipinski definition) is 0. The highest BCUT2D eigenvalue weighted by Crippen LogP contribution is 2.45. The SMILES string of the molecule is O=S1(=O)CC2(CCN2Cc2ccccc2)C1.O=S1(=O)CC2(CCN2Cc2ccccc2)C1.O=S1(=O)CC2(CCN2Cc2ccccc2)C1.O=S1(=O)CC2(CCN2Cc2ccccc2)C1.O=S1(=O)CC2(CCN2Cc2ccccc2)C1. The van der Waals surface area contributed by atoms with Crippen LogP contribution in [-0.2, 0) is 81.9 Å². The number of hydrogen-bond acceptors (Lipinski definition) is 15. The second-order valence-corrected chi connectivity index (χ2v) is 34.9. The van der Waals surface area contributed by atoms with Gasteiger partial charge in [-0.1, -0.05) is 152 Å². The zero-order valence-electron chi connectivity index (χ0n) is 45.5. The maximum atomic E-state index is 11.3. The van der Waals surface area contributed by atoms with Gasteiger partial charge in [-0.15, -0.1) is 0 Å².